The van der Waals surface area contributed by atoms with E-state index in [-0.39, 0.29) is 17.9 Å². The lowest BCUT2D eigenvalue weighted by Crippen LogP contribution is -2.49. The van der Waals surface area contributed by atoms with E-state index in [9.17, 15) is 18.3 Å². The molecular weight excluding hydrogens is 326 g/mol. The van der Waals surface area contributed by atoms with Gasteiger partial charge in [-0.05, 0) is 31.0 Å². The maximum Gasteiger partial charge on any atom is 0.256 e. The van der Waals surface area contributed by atoms with Crippen molar-refractivity contribution in [2.45, 2.75) is 38.8 Å². The second-order valence-corrected chi connectivity index (χ2v) is 8.13. The third kappa shape index (κ3) is 4.69. The van der Waals surface area contributed by atoms with Gasteiger partial charge in [0, 0.05) is 16.8 Å². The zero-order valence-corrected chi connectivity index (χ0v) is 14.5. The van der Waals surface area contributed by atoms with Gasteiger partial charge in [0.1, 0.15) is 0 Å². The van der Waals surface area contributed by atoms with Gasteiger partial charge in [0.25, 0.3) is 5.91 Å². The molecule has 1 rings (SSSR count). The Morgan fingerprint density at radius 3 is 2.55 bits per heavy atom. The Balaban J connectivity index is 2.93. The van der Waals surface area contributed by atoms with Crippen molar-refractivity contribution in [3.8, 4) is 0 Å². The normalized spacial score (nSPS) is 15.9. The van der Waals surface area contributed by atoms with Crippen molar-refractivity contribution >= 4 is 27.3 Å². The molecule has 0 saturated heterocycles. The quantitative estimate of drug-likeness (QED) is 0.788. The molecule has 0 radical (unpaired) electrons. The van der Waals surface area contributed by atoms with E-state index in [1.165, 1.54) is 6.07 Å². The molecule has 1 amide bonds. The first-order valence-electron chi connectivity index (χ1n) is 7.14. The molecule has 0 saturated carbocycles. The number of aliphatic hydroxyl groups is 1. The number of hydrogen-bond donors (Lipinski definition) is 2. The average molecular weight is 348 g/mol. The molecule has 22 heavy (non-hydrogen) atoms. The number of benzene rings is 1. The van der Waals surface area contributed by atoms with Crippen molar-refractivity contribution in [3.63, 3.8) is 0 Å². The van der Waals surface area contributed by atoms with Crippen molar-refractivity contribution in [2.75, 3.05) is 11.5 Å². The Hall–Kier alpha value is -1.11. The zero-order valence-electron chi connectivity index (χ0n) is 13.0. The third-order valence-electron chi connectivity index (χ3n) is 3.51. The molecule has 0 aromatic heterocycles. The van der Waals surface area contributed by atoms with E-state index in [0.717, 1.165) is 0 Å². The van der Waals surface area contributed by atoms with E-state index in [2.05, 4.69) is 5.32 Å². The first kappa shape index (κ1) is 18.9. The highest BCUT2D eigenvalue weighted by Crippen LogP contribution is 2.27. The molecule has 0 aliphatic rings. The number of nitrogens with one attached hydrogen (secondary N) is 1. The Morgan fingerprint density at radius 1 is 1.41 bits per heavy atom. The van der Waals surface area contributed by atoms with E-state index in [0.29, 0.717) is 10.6 Å². The van der Waals surface area contributed by atoms with E-state index in [1.807, 2.05) is 0 Å². The maximum absolute atomic E-state index is 12.4. The van der Waals surface area contributed by atoms with Crippen LogP contribution in [0.5, 0.6) is 0 Å². The lowest BCUT2D eigenvalue weighted by molar-refractivity contribution is -0.141. The Labute approximate surface area is 136 Å². The number of carbonyl (C=O) groups is 1. The lowest BCUT2D eigenvalue weighted by Gasteiger charge is -2.28. The molecule has 2 N–H and O–H groups in total. The fraction of sp³-hybridized carbons (Fsp3) is 0.533. The van der Waals surface area contributed by atoms with Gasteiger partial charge >= 0.3 is 0 Å². The molecule has 0 spiro atoms. The van der Waals surface area contributed by atoms with E-state index in [4.69, 9.17) is 11.6 Å². The molecule has 5 nitrogen and oxygen atoms in total. The highest BCUT2D eigenvalue weighted by Gasteiger charge is 2.37. The summed E-state index contributed by atoms with van der Waals surface area (Å²) in [6.45, 7) is 4.82. The summed E-state index contributed by atoms with van der Waals surface area (Å²) >= 11 is 5.90. The van der Waals surface area contributed by atoms with Crippen LogP contribution in [0.15, 0.2) is 24.3 Å². The molecule has 0 fully saturated rings. The highest BCUT2D eigenvalue weighted by molar-refractivity contribution is 7.91. The highest BCUT2D eigenvalue weighted by atomic mass is 35.5. The minimum Gasteiger partial charge on any atom is -0.375 e. The zero-order chi connectivity index (χ0) is 17.0. The average Bonchev–Trinajstić information content (AvgIpc) is 2.45. The van der Waals surface area contributed by atoms with Crippen LogP contribution >= 0.6 is 11.6 Å². The van der Waals surface area contributed by atoms with Gasteiger partial charge in [0.15, 0.2) is 15.4 Å². The number of hydrogen-bond acceptors (Lipinski definition) is 4. The molecule has 0 bridgehead atoms. The van der Waals surface area contributed by atoms with E-state index >= 15 is 0 Å². The monoisotopic (exact) mass is 347 g/mol. The van der Waals surface area contributed by atoms with Crippen LogP contribution in [-0.2, 0) is 20.2 Å². The Bertz CT molecular complexity index is 632. The number of amides is 1. The van der Waals surface area contributed by atoms with Crippen molar-refractivity contribution in [1.29, 1.82) is 0 Å². The van der Waals surface area contributed by atoms with Crippen LogP contribution in [0.1, 0.15) is 32.8 Å². The molecule has 1 aromatic rings. The standard InChI is InChI=1S/C15H22ClNO4S/c1-4-15(19,12-7-6-8-13(16)9-12)14(18)17-11(3)10-22(20,21)5-2/h6-9,11,19H,4-5,10H2,1-3H3,(H,17,18)/t11-,15-/m1/s1. The number of rotatable bonds is 7. The van der Waals surface area contributed by atoms with Gasteiger partial charge in [0.05, 0.1) is 5.75 Å². The van der Waals surface area contributed by atoms with E-state index in [1.54, 1.807) is 39.0 Å². The second kappa shape index (κ2) is 7.44. The van der Waals surface area contributed by atoms with Gasteiger partial charge in [-0.15, -0.1) is 0 Å². The first-order valence-corrected chi connectivity index (χ1v) is 9.34. The maximum atomic E-state index is 12.4. The summed E-state index contributed by atoms with van der Waals surface area (Å²) in [4.78, 5) is 12.4. The SMILES string of the molecule is CC[C@](O)(C(=O)N[C@H](C)CS(=O)(=O)CC)c1cccc(Cl)c1. The molecule has 1 aromatic carbocycles. The van der Waals surface area contributed by atoms with Crippen LogP contribution < -0.4 is 5.32 Å². The van der Waals surface area contributed by atoms with Crippen LogP contribution in [-0.4, -0.2) is 37.0 Å². The second-order valence-electron chi connectivity index (χ2n) is 5.30. The molecule has 0 aliphatic carbocycles. The van der Waals surface area contributed by atoms with Gasteiger partial charge in [0.2, 0.25) is 0 Å². The largest absolute Gasteiger partial charge is 0.375 e. The minimum absolute atomic E-state index is 0.0134. The molecule has 7 heteroatoms. The fourth-order valence-corrected chi connectivity index (χ4v) is 3.40. The van der Waals surface area contributed by atoms with Crippen LogP contribution in [0.25, 0.3) is 0 Å². The first-order chi connectivity index (χ1) is 10.1. The number of carbonyl (C=O) groups excluding carboxylic acids is 1. The molecule has 2 atom stereocenters. The summed E-state index contributed by atoms with van der Waals surface area (Å²) in [6, 6.07) is 5.85. The van der Waals surface area contributed by atoms with Crippen LogP contribution in [0, 0.1) is 0 Å². The summed E-state index contributed by atoms with van der Waals surface area (Å²) in [5, 5.41) is 13.7. The Kier molecular flexibility index (Phi) is 6.40. The van der Waals surface area contributed by atoms with Gasteiger partial charge in [-0.2, -0.15) is 0 Å². The van der Waals surface area contributed by atoms with Crippen LogP contribution in [0.3, 0.4) is 0 Å². The predicted octanol–water partition coefficient (Wildman–Crippen LogP) is 1.88. The van der Waals surface area contributed by atoms with Gasteiger partial charge in [-0.1, -0.05) is 37.6 Å². The minimum atomic E-state index is -3.21. The van der Waals surface area contributed by atoms with E-state index < -0.39 is 27.4 Å². The molecule has 0 unspecified atom stereocenters. The molecule has 0 heterocycles. The van der Waals surface area contributed by atoms with Gasteiger partial charge in [-0.3, -0.25) is 4.79 Å². The van der Waals surface area contributed by atoms with Crippen LogP contribution in [0.4, 0.5) is 0 Å². The van der Waals surface area contributed by atoms with Gasteiger partial charge in [-0.25, -0.2) is 8.42 Å². The molecular formula is C15H22ClNO4S. The van der Waals surface area contributed by atoms with Crippen molar-refractivity contribution in [2.24, 2.45) is 0 Å². The fourth-order valence-electron chi connectivity index (χ4n) is 2.13. The predicted molar refractivity (Wildman–Crippen MR) is 87.6 cm³/mol. The summed E-state index contributed by atoms with van der Waals surface area (Å²) in [6.07, 6.45) is 0.145. The molecule has 0 aliphatic heterocycles. The summed E-state index contributed by atoms with van der Waals surface area (Å²) in [7, 11) is -3.21. The van der Waals surface area contributed by atoms with Crippen molar-refractivity contribution < 1.29 is 18.3 Å². The summed E-state index contributed by atoms with van der Waals surface area (Å²) in [5.41, 5.74) is -1.36. The number of halogens is 1. The van der Waals surface area contributed by atoms with Gasteiger partial charge < -0.3 is 10.4 Å². The third-order valence-corrected chi connectivity index (χ3v) is 5.63. The Morgan fingerprint density at radius 2 is 2.05 bits per heavy atom. The summed E-state index contributed by atoms with van der Waals surface area (Å²) in [5.74, 6) is -0.777. The number of sulfone groups is 1. The smallest absolute Gasteiger partial charge is 0.256 e. The summed E-state index contributed by atoms with van der Waals surface area (Å²) < 4.78 is 23.2. The topological polar surface area (TPSA) is 83.5 Å². The van der Waals surface area contributed by atoms with Crippen molar-refractivity contribution in [3.05, 3.63) is 34.9 Å². The molecule has 124 valence electrons. The van der Waals surface area contributed by atoms with Crippen molar-refractivity contribution in [1.82, 2.24) is 5.32 Å². The lowest BCUT2D eigenvalue weighted by atomic mass is 9.90. The van der Waals surface area contributed by atoms with Crippen LogP contribution in [0.2, 0.25) is 5.02 Å².